The summed E-state index contributed by atoms with van der Waals surface area (Å²) in [6.07, 6.45) is 5.71. The third-order valence-electron chi connectivity index (χ3n) is 6.01. The molecule has 1 aliphatic rings. The number of aryl methyl sites for hydroxylation is 2. The number of rotatable bonds is 7. The van der Waals surface area contributed by atoms with Crippen LogP contribution in [-0.2, 0) is 17.9 Å². The van der Waals surface area contributed by atoms with E-state index in [9.17, 15) is 9.59 Å². The van der Waals surface area contributed by atoms with Crippen LogP contribution in [0.5, 0.6) is 0 Å². The Balaban J connectivity index is 1.40. The van der Waals surface area contributed by atoms with E-state index in [0.29, 0.717) is 31.6 Å². The van der Waals surface area contributed by atoms with E-state index in [4.69, 9.17) is 0 Å². The first kappa shape index (κ1) is 21.7. The molecular weight excluding hydrogens is 402 g/mol. The lowest BCUT2D eigenvalue weighted by molar-refractivity contribution is -0.132. The predicted octanol–water partition coefficient (Wildman–Crippen LogP) is 3.31. The maximum Gasteiger partial charge on any atom is 0.253 e. The molecule has 0 radical (unpaired) electrons. The van der Waals surface area contributed by atoms with Crippen LogP contribution in [0.15, 0.2) is 60.9 Å². The average Bonchev–Trinajstić information content (AvgIpc) is 3.26. The Hall–Kier alpha value is -3.48. The van der Waals surface area contributed by atoms with Crippen molar-refractivity contribution in [3.05, 3.63) is 83.4 Å². The van der Waals surface area contributed by atoms with Crippen LogP contribution >= 0.6 is 0 Å². The van der Waals surface area contributed by atoms with Crippen LogP contribution in [0.3, 0.4) is 0 Å². The summed E-state index contributed by atoms with van der Waals surface area (Å²) in [6, 6.07) is 15.4. The Bertz CT molecular complexity index is 1060. The first-order valence-corrected chi connectivity index (χ1v) is 11.1. The summed E-state index contributed by atoms with van der Waals surface area (Å²) in [4.78, 5) is 32.2. The summed E-state index contributed by atoms with van der Waals surface area (Å²) in [5.41, 5.74) is 3.47. The molecule has 32 heavy (non-hydrogen) atoms. The summed E-state index contributed by atoms with van der Waals surface area (Å²) < 4.78 is 1.85. The van der Waals surface area contributed by atoms with Gasteiger partial charge < -0.3 is 10.2 Å². The second kappa shape index (κ2) is 10.2. The molecule has 0 saturated carbocycles. The summed E-state index contributed by atoms with van der Waals surface area (Å²) in [5, 5.41) is 7.26. The number of nitrogens with one attached hydrogen (secondary N) is 1. The zero-order valence-electron chi connectivity index (χ0n) is 18.4. The van der Waals surface area contributed by atoms with E-state index >= 15 is 0 Å². The topological polar surface area (TPSA) is 80.1 Å². The fraction of sp³-hybridized carbons (Fsp3) is 0.360. The van der Waals surface area contributed by atoms with Gasteiger partial charge in [-0.2, -0.15) is 5.10 Å². The van der Waals surface area contributed by atoms with Gasteiger partial charge in [0.15, 0.2) is 0 Å². The van der Waals surface area contributed by atoms with Gasteiger partial charge >= 0.3 is 0 Å². The zero-order valence-corrected chi connectivity index (χ0v) is 18.4. The number of aromatic nitrogens is 3. The van der Waals surface area contributed by atoms with Crippen LogP contribution in [0.4, 0.5) is 0 Å². The Labute approximate surface area is 188 Å². The number of piperidine rings is 1. The predicted molar refractivity (Wildman–Crippen MR) is 122 cm³/mol. The van der Waals surface area contributed by atoms with Crippen LogP contribution in [-0.4, -0.2) is 44.6 Å². The lowest BCUT2D eigenvalue weighted by Crippen LogP contribution is -2.40. The zero-order chi connectivity index (χ0) is 22.3. The third kappa shape index (κ3) is 5.22. The Morgan fingerprint density at radius 3 is 2.72 bits per heavy atom. The molecule has 3 aromatic rings. The van der Waals surface area contributed by atoms with Gasteiger partial charge in [-0.1, -0.05) is 30.3 Å². The maximum absolute atomic E-state index is 12.9. The van der Waals surface area contributed by atoms with E-state index in [2.05, 4.69) is 15.4 Å². The van der Waals surface area contributed by atoms with Crippen molar-refractivity contribution in [3.8, 4) is 0 Å². The molecule has 2 amide bonds. The minimum atomic E-state index is -0.130. The van der Waals surface area contributed by atoms with Gasteiger partial charge in [-0.15, -0.1) is 0 Å². The molecule has 166 valence electrons. The van der Waals surface area contributed by atoms with Gasteiger partial charge in [0.25, 0.3) is 5.91 Å². The number of amides is 2. The van der Waals surface area contributed by atoms with Crippen molar-refractivity contribution in [2.75, 3.05) is 13.1 Å². The van der Waals surface area contributed by atoms with E-state index in [-0.39, 0.29) is 17.7 Å². The molecule has 1 aromatic carbocycles. The molecule has 0 spiro atoms. The lowest BCUT2D eigenvalue weighted by atomic mass is 9.91. The minimum Gasteiger partial charge on any atom is -0.348 e. The first-order chi connectivity index (χ1) is 15.6. The molecule has 0 bridgehead atoms. The molecule has 0 aliphatic carbocycles. The molecular formula is C25H29N5O2. The van der Waals surface area contributed by atoms with Crippen LogP contribution in [0, 0.1) is 6.92 Å². The van der Waals surface area contributed by atoms with Crippen molar-refractivity contribution in [3.63, 3.8) is 0 Å². The summed E-state index contributed by atoms with van der Waals surface area (Å²) >= 11 is 0. The van der Waals surface area contributed by atoms with Gasteiger partial charge in [-0.05, 0) is 43.5 Å². The largest absolute Gasteiger partial charge is 0.348 e. The Kier molecular flexibility index (Phi) is 6.94. The highest BCUT2D eigenvalue weighted by atomic mass is 16.2. The van der Waals surface area contributed by atoms with Crippen molar-refractivity contribution in [1.29, 1.82) is 0 Å². The summed E-state index contributed by atoms with van der Waals surface area (Å²) in [7, 11) is 0. The number of hydrogen-bond donors (Lipinski definition) is 1. The fourth-order valence-electron chi connectivity index (χ4n) is 4.23. The van der Waals surface area contributed by atoms with Gasteiger partial charge in [0.1, 0.15) is 0 Å². The van der Waals surface area contributed by atoms with Crippen LogP contribution in [0.2, 0.25) is 0 Å². The van der Waals surface area contributed by atoms with E-state index in [0.717, 1.165) is 36.3 Å². The maximum atomic E-state index is 12.9. The molecule has 0 unspecified atom stereocenters. The monoisotopic (exact) mass is 431 g/mol. The number of carbonyl (C=O) groups excluding carboxylic acids is 2. The number of hydrogen-bond acceptors (Lipinski definition) is 4. The van der Waals surface area contributed by atoms with Crippen LogP contribution in [0.1, 0.15) is 52.5 Å². The van der Waals surface area contributed by atoms with E-state index in [1.807, 2.05) is 59.0 Å². The second-order valence-corrected chi connectivity index (χ2v) is 8.23. The third-order valence-corrected chi connectivity index (χ3v) is 6.01. The first-order valence-electron chi connectivity index (χ1n) is 11.1. The standard InChI is InChI=1S/C25H29N5O2/c1-19-11-14-28-30(19)16-12-23(31)29-15-6-9-21(18-29)24-22(10-5-13-26-24)25(32)27-17-20-7-3-2-4-8-20/h2-5,7-8,10-11,13-14,21H,6,9,12,15-18H2,1H3,(H,27,32)/t21-/m0/s1. The molecule has 1 atom stereocenters. The smallest absolute Gasteiger partial charge is 0.253 e. The normalized spacial score (nSPS) is 16.0. The highest BCUT2D eigenvalue weighted by molar-refractivity contribution is 5.95. The number of likely N-dealkylation sites (tertiary alicyclic amines) is 1. The van der Waals surface area contributed by atoms with Crippen molar-refractivity contribution in [1.82, 2.24) is 25.0 Å². The van der Waals surface area contributed by atoms with Crippen LogP contribution < -0.4 is 5.32 Å². The number of carbonyl (C=O) groups is 2. The lowest BCUT2D eigenvalue weighted by Gasteiger charge is -2.33. The molecule has 2 aromatic heterocycles. The van der Waals surface area contributed by atoms with Crippen LogP contribution in [0.25, 0.3) is 0 Å². The van der Waals surface area contributed by atoms with Crippen molar-refractivity contribution in [2.24, 2.45) is 0 Å². The second-order valence-electron chi connectivity index (χ2n) is 8.23. The molecule has 3 heterocycles. The SMILES string of the molecule is Cc1ccnn1CCC(=O)N1CCC[C@H](c2ncccc2C(=O)NCc2ccccc2)C1. The average molecular weight is 432 g/mol. The van der Waals surface area contributed by atoms with Crippen molar-refractivity contribution < 1.29 is 9.59 Å². The Morgan fingerprint density at radius 1 is 1.09 bits per heavy atom. The number of pyridine rings is 1. The number of nitrogens with zero attached hydrogens (tertiary/aromatic N) is 4. The molecule has 4 rings (SSSR count). The fourth-order valence-corrected chi connectivity index (χ4v) is 4.23. The molecule has 1 fully saturated rings. The van der Waals surface area contributed by atoms with E-state index < -0.39 is 0 Å². The number of benzene rings is 1. The molecule has 7 nitrogen and oxygen atoms in total. The molecule has 7 heteroatoms. The van der Waals surface area contributed by atoms with Gasteiger partial charge in [-0.3, -0.25) is 19.3 Å². The van der Waals surface area contributed by atoms with Gasteiger partial charge in [0, 0.05) is 56.6 Å². The molecule has 1 N–H and O–H groups in total. The highest BCUT2D eigenvalue weighted by Crippen LogP contribution is 2.28. The van der Waals surface area contributed by atoms with Gasteiger partial charge in [-0.25, -0.2) is 0 Å². The summed E-state index contributed by atoms with van der Waals surface area (Å²) in [6.45, 7) is 4.37. The van der Waals surface area contributed by atoms with Gasteiger partial charge in [0.2, 0.25) is 5.91 Å². The minimum absolute atomic E-state index is 0.0535. The Morgan fingerprint density at radius 2 is 1.94 bits per heavy atom. The van der Waals surface area contributed by atoms with E-state index in [1.54, 1.807) is 18.5 Å². The van der Waals surface area contributed by atoms with E-state index in [1.165, 1.54) is 0 Å². The van der Waals surface area contributed by atoms with Crippen molar-refractivity contribution in [2.45, 2.75) is 45.2 Å². The van der Waals surface area contributed by atoms with Crippen molar-refractivity contribution >= 4 is 11.8 Å². The summed E-state index contributed by atoms with van der Waals surface area (Å²) in [5.74, 6) is 0.0444. The molecule has 1 saturated heterocycles. The quantitative estimate of drug-likeness (QED) is 0.622. The van der Waals surface area contributed by atoms with Gasteiger partial charge in [0.05, 0.1) is 11.3 Å². The highest BCUT2D eigenvalue weighted by Gasteiger charge is 2.28. The molecule has 1 aliphatic heterocycles.